The molecule has 12 nitrogen and oxygen atoms in total. The van der Waals surface area contributed by atoms with Gasteiger partial charge in [-0.2, -0.15) is 5.09 Å². The van der Waals surface area contributed by atoms with Crippen LogP contribution in [0.3, 0.4) is 0 Å². The molecule has 3 N–H and O–H groups in total. The monoisotopic (exact) mass is 511 g/mol. The zero-order valence-electron chi connectivity index (χ0n) is 19.7. The minimum absolute atomic E-state index is 0.209. The molecule has 1 unspecified atom stereocenters. The molecule has 0 saturated carbocycles. The Morgan fingerprint density at radius 2 is 2.00 bits per heavy atom. The molecule has 0 amide bonds. The van der Waals surface area contributed by atoms with Crippen LogP contribution < -0.4 is 20.9 Å². The van der Waals surface area contributed by atoms with Gasteiger partial charge in [-0.3, -0.25) is 23.7 Å². The highest BCUT2D eigenvalue weighted by Crippen LogP contribution is 2.46. The van der Waals surface area contributed by atoms with Gasteiger partial charge in [0.15, 0.2) is 0 Å². The Kier molecular flexibility index (Phi) is 9.03. The highest BCUT2D eigenvalue weighted by molar-refractivity contribution is 7.52. The van der Waals surface area contributed by atoms with E-state index in [2.05, 4.69) is 10.1 Å². The first-order valence-electron chi connectivity index (χ1n) is 11.2. The summed E-state index contributed by atoms with van der Waals surface area (Å²) in [5.74, 6) is -0.954. The molecule has 2 aromatic rings. The van der Waals surface area contributed by atoms with Crippen LogP contribution in [0.1, 0.15) is 33.4 Å². The summed E-state index contributed by atoms with van der Waals surface area (Å²) in [5.41, 5.74) is -1.25. The fourth-order valence-electron chi connectivity index (χ4n) is 3.47. The van der Waals surface area contributed by atoms with Gasteiger partial charge >= 0.3 is 19.4 Å². The lowest BCUT2D eigenvalue weighted by Gasteiger charge is -2.24. The summed E-state index contributed by atoms with van der Waals surface area (Å²) in [5, 5.41) is 13.2. The van der Waals surface area contributed by atoms with Crippen molar-refractivity contribution in [3.8, 4) is 5.75 Å². The fourth-order valence-corrected chi connectivity index (χ4v) is 4.98. The minimum Gasteiger partial charge on any atom is -0.465 e. The van der Waals surface area contributed by atoms with Gasteiger partial charge in [-0.1, -0.05) is 32.0 Å². The third kappa shape index (κ3) is 6.89. The number of carbonyl (C=O) groups is 1. The molecule has 1 fully saturated rings. The molecule has 6 atom stereocenters. The molecular formula is C22H30N3O9P. The van der Waals surface area contributed by atoms with Crippen LogP contribution in [-0.2, 0) is 23.4 Å². The topological polar surface area (TPSA) is 158 Å². The second kappa shape index (κ2) is 11.8. The van der Waals surface area contributed by atoms with Crippen molar-refractivity contribution in [1.82, 2.24) is 14.6 Å². The van der Waals surface area contributed by atoms with Crippen LogP contribution in [0.4, 0.5) is 0 Å². The Labute approximate surface area is 201 Å². The maximum Gasteiger partial charge on any atom is 0.459 e. The molecule has 2 heterocycles. The van der Waals surface area contributed by atoms with E-state index >= 15 is 0 Å². The fraction of sp³-hybridized carbons (Fsp3) is 0.500. The van der Waals surface area contributed by atoms with Gasteiger partial charge in [0.1, 0.15) is 24.1 Å². The number of esters is 1. The molecule has 0 aliphatic carbocycles. The lowest BCUT2D eigenvalue weighted by atomic mass is 10.0. The van der Waals surface area contributed by atoms with Crippen LogP contribution >= 0.6 is 7.75 Å². The van der Waals surface area contributed by atoms with Gasteiger partial charge in [0.2, 0.25) is 0 Å². The summed E-state index contributed by atoms with van der Waals surface area (Å²) in [6.07, 6.45) is -1.07. The van der Waals surface area contributed by atoms with Crippen molar-refractivity contribution in [2.45, 2.75) is 51.7 Å². The van der Waals surface area contributed by atoms with Gasteiger partial charge in [0, 0.05) is 18.2 Å². The first-order valence-corrected chi connectivity index (χ1v) is 12.8. The third-order valence-electron chi connectivity index (χ3n) is 5.34. The number of ether oxygens (including phenoxy) is 2. The summed E-state index contributed by atoms with van der Waals surface area (Å²) in [4.78, 5) is 37.9. The van der Waals surface area contributed by atoms with E-state index in [9.17, 15) is 24.1 Å². The number of rotatable bonds is 11. The van der Waals surface area contributed by atoms with Crippen LogP contribution in [0, 0.1) is 5.92 Å². The van der Waals surface area contributed by atoms with E-state index < -0.39 is 55.4 Å². The predicted octanol–water partition coefficient (Wildman–Crippen LogP) is 1.57. The van der Waals surface area contributed by atoms with Gasteiger partial charge in [0.05, 0.1) is 19.3 Å². The van der Waals surface area contributed by atoms with Crippen molar-refractivity contribution >= 4 is 13.7 Å². The second-order valence-electron chi connectivity index (χ2n) is 8.15. The molecule has 1 aliphatic heterocycles. The van der Waals surface area contributed by atoms with Crippen molar-refractivity contribution < 1.29 is 33.0 Å². The summed E-state index contributed by atoms with van der Waals surface area (Å²) in [6.45, 7) is 4.80. The Morgan fingerprint density at radius 3 is 2.66 bits per heavy atom. The molecule has 0 radical (unpaired) electrons. The molecule has 13 heteroatoms. The third-order valence-corrected chi connectivity index (χ3v) is 6.98. The van der Waals surface area contributed by atoms with Crippen molar-refractivity contribution in [3.63, 3.8) is 0 Å². The van der Waals surface area contributed by atoms with E-state index in [1.807, 2.05) is 6.92 Å². The van der Waals surface area contributed by atoms with Gasteiger partial charge in [-0.05, 0) is 25.5 Å². The number of H-pyrrole nitrogens is 1. The number of nitrogens with one attached hydrogen (secondary N) is 2. The summed E-state index contributed by atoms with van der Waals surface area (Å²) in [7, 11) is -4.15. The molecule has 35 heavy (non-hydrogen) atoms. The highest BCUT2D eigenvalue weighted by atomic mass is 31.2. The van der Waals surface area contributed by atoms with Gasteiger partial charge in [0.25, 0.3) is 5.56 Å². The average Bonchev–Trinajstić information content (AvgIpc) is 3.10. The van der Waals surface area contributed by atoms with E-state index in [1.165, 1.54) is 19.2 Å². The first kappa shape index (κ1) is 26.8. The number of aliphatic hydroxyl groups excluding tert-OH is 1. The van der Waals surface area contributed by atoms with Crippen LogP contribution in [0.15, 0.2) is 52.2 Å². The quantitative estimate of drug-likeness (QED) is 0.299. The van der Waals surface area contributed by atoms with Crippen molar-refractivity contribution in [2.24, 2.45) is 5.92 Å². The number of aliphatic hydroxyl groups is 1. The Balaban J connectivity index is 1.74. The van der Waals surface area contributed by atoms with E-state index in [1.54, 1.807) is 37.3 Å². The molecule has 1 aliphatic rings. The van der Waals surface area contributed by atoms with Crippen LogP contribution in [0.2, 0.25) is 0 Å². The lowest BCUT2D eigenvalue weighted by Crippen LogP contribution is -2.36. The zero-order valence-corrected chi connectivity index (χ0v) is 20.6. The normalized spacial score (nSPS) is 24.5. The molecular weight excluding hydrogens is 481 g/mol. The number of carbonyl (C=O) groups excluding carboxylic acids is 1. The highest BCUT2D eigenvalue weighted by Gasteiger charge is 2.44. The number of aromatic amines is 1. The van der Waals surface area contributed by atoms with Crippen LogP contribution in [0.5, 0.6) is 5.75 Å². The van der Waals surface area contributed by atoms with Crippen molar-refractivity contribution in [2.75, 3.05) is 13.2 Å². The maximum absolute atomic E-state index is 13.6. The maximum atomic E-state index is 13.6. The van der Waals surface area contributed by atoms with Crippen molar-refractivity contribution in [3.05, 3.63) is 63.4 Å². The van der Waals surface area contributed by atoms with Crippen LogP contribution in [-0.4, -0.2) is 52.1 Å². The summed E-state index contributed by atoms with van der Waals surface area (Å²) >= 11 is 0. The van der Waals surface area contributed by atoms with E-state index in [0.29, 0.717) is 6.42 Å². The largest absolute Gasteiger partial charge is 0.465 e. The van der Waals surface area contributed by atoms with Gasteiger partial charge in [-0.25, -0.2) is 9.36 Å². The number of hydrogen-bond donors (Lipinski definition) is 3. The molecule has 1 aromatic heterocycles. The van der Waals surface area contributed by atoms with Gasteiger partial charge in [-0.15, -0.1) is 0 Å². The second-order valence-corrected chi connectivity index (χ2v) is 9.84. The van der Waals surface area contributed by atoms with Gasteiger partial charge < -0.3 is 19.1 Å². The smallest absolute Gasteiger partial charge is 0.459 e. The number of benzene rings is 1. The number of nitrogens with zero attached hydrogens (tertiary/aromatic N) is 1. The van der Waals surface area contributed by atoms with E-state index in [-0.39, 0.29) is 19.0 Å². The molecule has 0 spiro atoms. The molecule has 3 rings (SSSR count). The molecule has 0 bridgehead atoms. The SMILES string of the molecule is CCCOC(=O)[C@H](C)N[P@](=O)(OCC1O[C@@H](n2ccc(=O)[nH]c2=O)[C@@H](C)[C@@H]1O)Oc1ccccc1. The first-order chi connectivity index (χ1) is 16.6. The zero-order chi connectivity index (χ0) is 25.6. The standard InChI is InChI=1S/C22H30N3O9P/c1-4-12-31-21(28)15(3)24-35(30,34-16-8-6-5-7-9-16)32-13-17-19(27)14(2)20(33-17)25-11-10-18(26)23-22(25)29/h5-11,14-15,17,19-20,27H,4,12-13H2,1-3H3,(H,24,30)(H,23,26,29)/t14-,15-,17?,19-,20+,35-/m0/s1. The Hall–Kier alpha value is -2.76. The number of para-hydroxylation sites is 1. The Morgan fingerprint density at radius 1 is 1.29 bits per heavy atom. The molecule has 192 valence electrons. The average molecular weight is 511 g/mol. The molecule has 1 aromatic carbocycles. The summed E-state index contributed by atoms with van der Waals surface area (Å²) in [6, 6.07) is 8.39. The minimum atomic E-state index is -4.15. The molecule has 1 saturated heterocycles. The van der Waals surface area contributed by atoms with Crippen molar-refractivity contribution in [1.29, 1.82) is 0 Å². The van der Waals surface area contributed by atoms with E-state index in [0.717, 1.165) is 4.57 Å². The Bertz CT molecular complexity index is 1150. The summed E-state index contributed by atoms with van der Waals surface area (Å²) < 4.78 is 36.8. The lowest BCUT2D eigenvalue weighted by molar-refractivity contribution is -0.145. The van der Waals surface area contributed by atoms with Crippen LogP contribution in [0.25, 0.3) is 0 Å². The predicted molar refractivity (Wildman–Crippen MR) is 125 cm³/mol. The number of aromatic nitrogens is 2. The van der Waals surface area contributed by atoms with E-state index in [4.69, 9.17) is 18.5 Å². The number of hydrogen-bond acceptors (Lipinski definition) is 9.